The van der Waals surface area contributed by atoms with Crippen LogP contribution in [0.5, 0.6) is 0 Å². The van der Waals surface area contributed by atoms with E-state index in [0.717, 1.165) is 0 Å². The van der Waals surface area contributed by atoms with Gasteiger partial charge in [0, 0.05) is 23.2 Å². The third-order valence-electron chi connectivity index (χ3n) is 9.50. The number of hydrogen-bond donors (Lipinski definition) is 2. The molecule has 10 nitrogen and oxygen atoms in total. The van der Waals surface area contributed by atoms with Crippen LogP contribution >= 0.6 is 0 Å². The second kappa shape index (κ2) is 14.9. The van der Waals surface area contributed by atoms with Crippen molar-refractivity contribution in [1.29, 1.82) is 0 Å². The second-order valence-electron chi connectivity index (χ2n) is 15.9. The molecule has 0 radical (unpaired) electrons. The van der Waals surface area contributed by atoms with Gasteiger partial charge in [-0.1, -0.05) is 85.0 Å². The highest BCUT2D eigenvalue weighted by atomic mass is 16.2. The highest BCUT2D eigenvalue weighted by Gasteiger charge is 2.55. The van der Waals surface area contributed by atoms with Crippen molar-refractivity contribution >= 4 is 35.2 Å². The predicted octanol–water partition coefficient (Wildman–Crippen LogP) is 5.73. The Labute approximate surface area is 317 Å². The zero-order valence-corrected chi connectivity index (χ0v) is 32.0. The number of benzene rings is 2. The summed E-state index contributed by atoms with van der Waals surface area (Å²) >= 11 is 0. The van der Waals surface area contributed by atoms with Crippen LogP contribution in [0.4, 0.5) is 0 Å². The number of carbonyl (C=O) groups excluding carboxylic acids is 6. The third kappa shape index (κ3) is 7.46. The van der Waals surface area contributed by atoms with Gasteiger partial charge >= 0.3 is 0 Å². The van der Waals surface area contributed by atoms with E-state index in [1.54, 1.807) is 74.6 Å². The monoisotopic (exact) mass is 728 g/mol. The van der Waals surface area contributed by atoms with Crippen LogP contribution in [0.25, 0.3) is 0 Å². The number of nitrogens with one attached hydrogen (secondary N) is 2. The van der Waals surface area contributed by atoms with E-state index in [2.05, 4.69) is 10.6 Å². The fourth-order valence-electron chi connectivity index (χ4n) is 7.24. The van der Waals surface area contributed by atoms with Crippen molar-refractivity contribution in [3.63, 3.8) is 0 Å². The maximum atomic E-state index is 13.2. The van der Waals surface area contributed by atoms with Gasteiger partial charge in [0.15, 0.2) is 11.6 Å². The van der Waals surface area contributed by atoms with Crippen molar-refractivity contribution in [2.45, 2.75) is 89.6 Å². The summed E-state index contributed by atoms with van der Waals surface area (Å²) in [4.78, 5) is 81.1. The Hall–Kier alpha value is -5.90. The first-order valence-electron chi connectivity index (χ1n) is 17.9. The summed E-state index contributed by atoms with van der Waals surface area (Å²) < 4.78 is 0. The lowest BCUT2D eigenvalue weighted by atomic mass is 9.82. The first kappa shape index (κ1) is 39.3. The number of amides is 4. The molecule has 2 heterocycles. The standard InChI is InChI=1S/2C22H24N2O3/c2*1-15-14-18(26)24(22(15)13-9-8-12-17(22)25)19(16-10-6-5-7-11-16)20(27)23-21(2,3)4/h2*5-14,19H,1-4H3,(H,23,27)/t2*19-,22+/m10/s1. The minimum Gasteiger partial charge on any atom is -0.349 e. The lowest BCUT2D eigenvalue weighted by molar-refractivity contribution is -0.144. The topological polar surface area (TPSA) is 133 Å². The smallest absolute Gasteiger partial charge is 0.248 e. The molecular formula is C44H48N4O6. The summed E-state index contributed by atoms with van der Waals surface area (Å²) in [6.07, 6.45) is 16.0. The molecule has 2 aliphatic heterocycles. The Morgan fingerprint density at radius 1 is 0.556 bits per heavy atom. The Morgan fingerprint density at radius 2 is 0.889 bits per heavy atom. The molecule has 2 aliphatic carbocycles. The summed E-state index contributed by atoms with van der Waals surface area (Å²) in [5.74, 6) is -1.79. The molecule has 0 bridgehead atoms. The van der Waals surface area contributed by atoms with Gasteiger partial charge in [0.25, 0.3) is 0 Å². The van der Waals surface area contributed by atoms with Crippen LogP contribution in [0.3, 0.4) is 0 Å². The van der Waals surface area contributed by atoms with E-state index >= 15 is 0 Å². The number of rotatable bonds is 6. The maximum Gasteiger partial charge on any atom is 0.248 e. The van der Waals surface area contributed by atoms with Gasteiger partial charge in [-0.15, -0.1) is 0 Å². The number of hydrogen-bond acceptors (Lipinski definition) is 6. The van der Waals surface area contributed by atoms with Gasteiger partial charge in [-0.2, -0.15) is 0 Å². The molecule has 0 saturated carbocycles. The minimum atomic E-state index is -1.26. The van der Waals surface area contributed by atoms with Crippen LogP contribution in [0.15, 0.2) is 133 Å². The average molecular weight is 729 g/mol. The average Bonchev–Trinajstić information content (AvgIpc) is 3.47. The normalized spacial score (nSPS) is 23.0. The van der Waals surface area contributed by atoms with Gasteiger partial charge in [0.2, 0.25) is 23.6 Å². The molecule has 0 fully saturated rings. The number of allylic oxidation sites excluding steroid dienone is 4. The lowest BCUT2D eigenvalue weighted by Gasteiger charge is -2.42. The van der Waals surface area contributed by atoms with Gasteiger partial charge in [-0.25, -0.2) is 0 Å². The zero-order valence-electron chi connectivity index (χ0n) is 32.0. The van der Waals surface area contributed by atoms with Gasteiger partial charge < -0.3 is 20.4 Å². The van der Waals surface area contributed by atoms with Crippen LogP contribution in [-0.4, -0.2) is 67.2 Å². The largest absolute Gasteiger partial charge is 0.349 e. The Balaban J connectivity index is 0.000000208. The summed E-state index contributed by atoms with van der Waals surface area (Å²) in [6.45, 7) is 14.8. The van der Waals surface area contributed by atoms with Crippen molar-refractivity contribution in [2.75, 3.05) is 0 Å². The number of ketones is 2. The molecular weight excluding hydrogens is 681 g/mol. The fraction of sp³-hybridized carbons (Fsp3) is 0.318. The molecule has 2 aromatic rings. The molecule has 54 heavy (non-hydrogen) atoms. The Kier molecular flexibility index (Phi) is 10.8. The van der Waals surface area contributed by atoms with E-state index in [0.29, 0.717) is 22.3 Å². The SMILES string of the molecule is CC1=CC(=O)N([C@@H](C(=O)NC(C)(C)C)c2ccccc2)[C@@]12C=CC=CC2=O.CC1=CC(=O)N([C@H](C(=O)NC(C)(C)C)c2ccccc2)[C@]12C=CC=CC2=O. The summed E-state index contributed by atoms with van der Waals surface area (Å²) in [6, 6.07) is 16.3. The number of carbonyl (C=O) groups is 6. The molecule has 0 aromatic heterocycles. The van der Waals surface area contributed by atoms with Crippen LogP contribution in [0.1, 0.15) is 78.6 Å². The van der Waals surface area contributed by atoms with E-state index in [4.69, 9.17) is 0 Å². The van der Waals surface area contributed by atoms with Crippen LogP contribution < -0.4 is 10.6 Å². The van der Waals surface area contributed by atoms with Crippen molar-refractivity contribution in [2.24, 2.45) is 0 Å². The van der Waals surface area contributed by atoms with E-state index in [1.165, 1.54) is 34.1 Å². The van der Waals surface area contributed by atoms with Gasteiger partial charge in [-0.05, 0) is 102 Å². The molecule has 2 aromatic carbocycles. The van der Waals surface area contributed by atoms with E-state index in [9.17, 15) is 28.8 Å². The van der Waals surface area contributed by atoms with Gasteiger partial charge in [0.1, 0.15) is 23.2 Å². The highest BCUT2D eigenvalue weighted by molar-refractivity contribution is 6.13. The van der Waals surface area contributed by atoms with Crippen molar-refractivity contribution in [3.05, 3.63) is 144 Å². The van der Waals surface area contributed by atoms with Crippen LogP contribution in [-0.2, 0) is 28.8 Å². The molecule has 4 atom stereocenters. The highest BCUT2D eigenvalue weighted by Crippen LogP contribution is 2.43. The molecule has 4 aliphatic rings. The van der Waals surface area contributed by atoms with Gasteiger partial charge in [-0.3, -0.25) is 28.8 Å². The van der Waals surface area contributed by atoms with Crippen LogP contribution in [0.2, 0.25) is 0 Å². The molecule has 0 saturated heterocycles. The minimum absolute atomic E-state index is 0.228. The van der Waals surface area contributed by atoms with Gasteiger partial charge in [0.05, 0.1) is 0 Å². The van der Waals surface area contributed by atoms with E-state index in [1.807, 2.05) is 77.9 Å². The fourth-order valence-corrected chi connectivity index (χ4v) is 7.24. The van der Waals surface area contributed by atoms with E-state index in [-0.39, 0.29) is 35.2 Å². The van der Waals surface area contributed by atoms with Crippen molar-refractivity contribution in [1.82, 2.24) is 20.4 Å². The summed E-state index contributed by atoms with van der Waals surface area (Å²) in [7, 11) is 0. The van der Waals surface area contributed by atoms with Crippen molar-refractivity contribution in [3.8, 4) is 0 Å². The zero-order chi connectivity index (χ0) is 39.6. The Morgan fingerprint density at radius 3 is 1.19 bits per heavy atom. The van der Waals surface area contributed by atoms with Crippen molar-refractivity contribution < 1.29 is 28.8 Å². The molecule has 280 valence electrons. The summed E-state index contributed by atoms with van der Waals surface area (Å²) in [5.41, 5.74) is -0.936. The molecule has 10 heteroatoms. The quantitative estimate of drug-likeness (QED) is 0.391. The molecule has 4 amide bonds. The summed E-state index contributed by atoms with van der Waals surface area (Å²) in [5, 5.41) is 5.91. The lowest BCUT2D eigenvalue weighted by Crippen LogP contribution is -2.58. The maximum absolute atomic E-state index is 13.2. The van der Waals surface area contributed by atoms with Crippen LogP contribution in [0, 0.1) is 0 Å². The molecule has 0 unspecified atom stereocenters. The molecule has 2 N–H and O–H groups in total. The molecule has 6 rings (SSSR count). The predicted molar refractivity (Wildman–Crippen MR) is 207 cm³/mol. The molecule has 2 spiro atoms. The first-order chi connectivity index (χ1) is 25.3. The number of nitrogens with zero attached hydrogens (tertiary/aromatic N) is 2. The van der Waals surface area contributed by atoms with E-state index < -0.39 is 34.2 Å². The first-order valence-corrected chi connectivity index (χ1v) is 17.9. The second-order valence-corrected chi connectivity index (χ2v) is 15.9. The third-order valence-corrected chi connectivity index (χ3v) is 9.50. The Bertz CT molecular complexity index is 1900.